The standard InChI is InChI=1S/C21H27N5O3.HI/c1-22-21(24-8-6-16-4-5-18-19(13-16)29-15-28-18)25-14-17-3-2-7-23-20(17)26-9-11-27-12-10-26;/h2-5,7,13H,6,8-12,14-15H2,1H3,(H2,22,24,25);1H. The van der Waals surface area contributed by atoms with Gasteiger partial charge in [-0.3, -0.25) is 4.99 Å². The molecule has 0 aliphatic carbocycles. The number of benzene rings is 1. The van der Waals surface area contributed by atoms with Crippen molar-refractivity contribution in [1.29, 1.82) is 0 Å². The van der Waals surface area contributed by atoms with Crippen LogP contribution in [0.5, 0.6) is 11.5 Å². The zero-order valence-electron chi connectivity index (χ0n) is 17.1. The Morgan fingerprint density at radius 2 is 1.97 bits per heavy atom. The molecule has 0 bridgehead atoms. The highest BCUT2D eigenvalue weighted by Gasteiger charge is 2.16. The molecule has 2 aliphatic heterocycles. The number of nitrogens with one attached hydrogen (secondary N) is 2. The molecule has 1 aromatic carbocycles. The molecule has 1 aromatic heterocycles. The number of anilines is 1. The Balaban J connectivity index is 0.00000256. The van der Waals surface area contributed by atoms with Crippen LogP contribution in [0.25, 0.3) is 0 Å². The Labute approximate surface area is 194 Å². The molecule has 0 amide bonds. The first-order valence-electron chi connectivity index (χ1n) is 9.93. The molecule has 2 aromatic rings. The lowest BCUT2D eigenvalue weighted by atomic mass is 10.1. The van der Waals surface area contributed by atoms with E-state index in [4.69, 9.17) is 14.2 Å². The first kappa shape index (κ1) is 22.4. The summed E-state index contributed by atoms with van der Waals surface area (Å²) in [5.41, 5.74) is 2.34. The fourth-order valence-corrected chi connectivity index (χ4v) is 3.45. The van der Waals surface area contributed by atoms with Gasteiger partial charge in [0.15, 0.2) is 17.5 Å². The summed E-state index contributed by atoms with van der Waals surface area (Å²) in [6.07, 6.45) is 2.70. The van der Waals surface area contributed by atoms with E-state index in [-0.39, 0.29) is 24.0 Å². The molecule has 0 spiro atoms. The van der Waals surface area contributed by atoms with Crippen molar-refractivity contribution in [3.8, 4) is 11.5 Å². The summed E-state index contributed by atoms with van der Waals surface area (Å²) in [4.78, 5) is 11.2. The lowest BCUT2D eigenvalue weighted by Crippen LogP contribution is -2.40. The molecule has 0 radical (unpaired) electrons. The van der Waals surface area contributed by atoms with Crippen molar-refractivity contribution in [2.45, 2.75) is 13.0 Å². The number of aromatic nitrogens is 1. The zero-order chi connectivity index (χ0) is 19.9. The summed E-state index contributed by atoms with van der Waals surface area (Å²) in [6.45, 7) is 4.94. The molecule has 1 fully saturated rings. The van der Waals surface area contributed by atoms with E-state index < -0.39 is 0 Å². The fraction of sp³-hybridized carbons (Fsp3) is 0.429. The topological polar surface area (TPSA) is 80.2 Å². The van der Waals surface area contributed by atoms with E-state index in [0.717, 1.165) is 68.1 Å². The van der Waals surface area contributed by atoms with Gasteiger partial charge in [-0.05, 0) is 30.2 Å². The van der Waals surface area contributed by atoms with Crippen molar-refractivity contribution in [2.75, 3.05) is 51.6 Å². The molecule has 9 heteroatoms. The third-order valence-electron chi connectivity index (χ3n) is 4.99. The number of ether oxygens (including phenoxy) is 3. The van der Waals surface area contributed by atoms with Crippen LogP contribution in [0.15, 0.2) is 41.5 Å². The minimum atomic E-state index is 0. The third-order valence-corrected chi connectivity index (χ3v) is 4.99. The Kier molecular flexibility index (Phi) is 8.38. The highest BCUT2D eigenvalue weighted by Crippen LogP contribution is 2.32. The van der Waals surface area contributed by atoms with Gasteiger partial charge in [-0.2, -0.15) is 0 Å². The fourth-order valence-electron chi connectivity index (χ4n) is 3.45. The number of halogens is 1. The van der Waals surface area contributed by atoms with Gasteiger partial charge in [0.25, 0.3) is 0 Å². The molecule has 1 saturated heterocycles. The van der Waals surface area contributed by atoms with Crippen LogP contribution in [0.3, 0.4) is 0 Å². The van der Waals surface area contributed by atoms with E-state index in [9.17, 15) is 0 Å². The van der Waals surface area contributed by atoms with Gasteiger partial charge in [0.05, 0.1) is 13.2 Å². The number of pyridine rings is 1. The highest BCUT2D eigenvalue weighted by atomic mass is 127. The van der Waals surface area contributed by atoms with Crippen molar-refractivity contribution >= 4 is 35.8 Å². The predicted molar refractivity (Wildman–Crippen MR) is 127 cm³/mol. The van der Waals surface area contributed by atoms with E-state index in [0.29, 0.717) is 13.3 Å². The number of guanidine groups is 1. The third kappa shape index (κ3) is 5.66. The second-order valence-electron chi connectivity index (χ2n) is 6.88. The largest absolute Gasteiger partial charge is 0.454 e. The minimum absolute atomic E-state index is 0. The first-order valence-corrected chi connectivity index (χ1v) is 9.93. The summed E-state index contributed by atoms with van der Waals surface area (Å²) >= 11 is 0. The van der Waals surface area contributed by atoms with E-state index in [2.05, 4.69) is 37.6 Å². The number of fused-ring (bicyclic) bond motifs is 1. The quantitative estimate of drug-likeness (QED) is 0.340. The lowest BCUT2D eigenvalue weighted by Gasteiger charge is -2.29. The number of aliphatic imine (C=N–C) groups is 1. The smallest absolute Gasteiger partial charge is 0.231 e. The summed E-state index contributed by atoms with van der Waals surface area (Å²) in [5, 5.41) is 6.76. The average molecular weight is 525 g/mol. The molecule has 30 heavy (non-hydrogen) atoms. The molecule has 3 heterocycles. The molecule has 162 valence electrons. The van der Waals surface area contributed by atoms with E-state index in [1.807, 2.05) is 24.4 Å². The second-order valence-corrected chi connectivity index (χ2v) is 6.88. The van der Waals surface area contributed by atoms with Crippen LogP contribution in [-0.2, 0) is 17.7 Å². The molecule has 2 N–H and O–H groups in total. The van der Waals surface area contributed by atoms with Crippen molar-refractivity contribution < 1.29 is 14.2 Å². The molecule has 0 saturated carbocycles. The molecular formula is C21H28IN5O3. The Morgan fingerprint density at radius 1 is 1.13 bits per heavy atom. The maximum absolute atomic E-state index is 5.45. The van der Waals surface area contributed by atoms with E-state index >= 15 is 0 Å². The van der Waals surface area contributed by atoms with Crippen LogP contribution in [-0.4, -0.2) is 57.6 Å². The maximum Gasteiger partial charge on any atom is 0.231 e. The summed E-state index contributed by atoms with van der Waals surface area (Å²) in [6, 6.07) is 10.1. The average Bonchev–Trinajstić information content (AvgIpc) is 3.25. The summed E-state index contributed by atoms with van der Waals surface area (Å²) in [5.74, 6) is 3.41. The van der Waals surface area contributed by atoms with Crippen molar-refractivity contribution in [2.24, 2.45) is 4.99 Å². The van der Waals surface area contributed by atoms with Crippen molar-refractivity contribution in [3.05, 3.63) is 47.7 Å². The van der Waals surface area contributed by atoms with Crippen molar-refractivity contribution in [3.63, 3.8) is 0 Å². The summed E-state index contributed by atoms with van der Waals surface area (Å²) in [7, 11) is 1.78. The zero-order valence-corrected chi connectivity index (χ0v) is 19.4. The van der Waals surface area contributed by atoms with Gasteiger partial charge in [0.2, 0.25) is 6.79 Å². The molecular weight excluding hydrogens is 497 g/mol. The molecule has 2 aliphatic rings. The first-order chi connectivity index (χ1) is 14.3. The van der Waals surface area contributed by atoms with Gasteiger partial charge < -0.3 is 29.7 Å². The Morgan fingerprint density at radius 3 is 2.80 bits per heavy atom. The highest BCUT2D eigenvalue weighted by molar-refractivity contribution is 14.0. The molecule has 0 atom stereocenters. The van der Waals surface area contributed by atoms with Gasteiger partial charge in [-0.25, -0.2) is 4.98 Å². The van der Waals surface area contributed by atoms with Crippen LogP contribution in [0.4, 0.5) is 5.82 Å². The van der Waals surface area contributed by atoms with Gasteiger partial charge >= 0.3 is 0 Å². The van der Waals surface area contributed by atoms with Gasteiger partial charge in [0.1, 0.15) is 5.82 Å². The van der Waals surface area contributed by atoms with Crippen LogP contribution >= 0.6 is 24.0 Å². The number of rotatable bonds is 6. The van der Waals surface area contributed by atoms with Crippen LogP contribution in [0, 0.1) is 0 Å². The van der Waals surface area contributed by atoms with Crippen LogP contribution in [0.1, 0.15) is 11.1 Å². The second kappa shape index (κ2) is 11.2. The Hall–Kier alpha value is -2.27. The molecule has 8 nitrogen and oxygen atoms in total. The number of morpholine rings is 1. The molecule has 0 unspecified atom stereocenters. The van der Waals surface area contributed by atoms with E-state index in [1.165, 1.54) is 5.56 Å². The van der Waals surface area contributed by atoms with Crippen LogP contribution < -0.4 is 25.0 Å². The monoisotopic (exact) mass is 525 g/mol. The minimum Gasteiger partial charge on any atom is -0.454 e. The number of hydrogen-bond donors (Lipinski definition) is 2. The van der Waals surface area contributed by atoms with Gasteiger partial charge in [-0.1, -0.05) is 12.1 Å². The maximum atomic E-state index is 5.45. The predicted octanol–water partition coefficient (Wildman–Crippen LogP) is 2.17. The van der Waals surface area contributed by atoms with Crippen molar-refractivity contribution in [1.82, 2.24) is 15.6 Å². The van der Waals surface area contributed by atoms with Crippen LogP contribution in [0.2, 0.25) is 0 Å². The van der Waals surface area contributed by atoms with Gasteiger partial charge in [-0.15, -0.1) is 24.0 Å². The number of hydrogen-bond acceptors (Lipinski definition) is 6. The normalized spacial score (nSPS) is 15.5. The van der Waals surface area contributed by atoms with E-state index in [1.54, 1.807) is 7.05 Å². The summed E-state index contributed by atoms with van der Waals surface area (Å²) < 4.78 is 16.3. The molecule has 4 rings (SSSR count). The number of nitrogens with zero attached hydrogens (tertiary/aromatic N) is 3. The van der Waals surface area contributed by atoms with Gasteiger partial charge in [0, 0.05) is 45.0 Å². The Bertz CT molecular complexity index is 858. The SMILES string of the molecule is CN=C(NCCc1ccc2c(c1)OCO2)NCc1cccnc1N1CCOCC1.I. The lowest BCUT2D eigenvalue weighted by molar-refractivity contribution is 0.122.